The van der Waals surface area contributed by atoms with Crippen LogP contribution in [0.15, 0.2) is 0 Å². The van der Waals surface area contributed by atoms with Crippen molar-refractivity contribution in [3.8, 4) is 0 Å². The van der Waals surface area contributed by atoms with Gasteiger partial charge >= 0.3 is 18.0 Å². The van der Waals surface area contributed by atoms with E-state index < -0.39 is 36.1 Å². The van der Waals surface area contributed by atoms with Crippen LogP contribution in [0, 0.1) is 0 Å². The van der Waals surface area contributed by atoms with Crippen LogP contribution in [-0.2, 0) is 0 Å². The van der Waals surface area contributed by atoms with Gasteiger partial charge in [-0.25, -0.2) is 0 Å². The van der Waals surface area contributed by atoms with E-state index in [4.69, 9.17) is 0 Å². The normalized spacial score (nSPS) is 17.1. The lowest BCUT2D eigenvalue weighted by atomic mass is 10.1. The highest BCUT2D eigenvalue weighted by Gasteiger charge is 2.75. The highest BCUT2D eigenvalue weighted by atomic mass is 127. The van der Waals surface area contributed by atoms with Gasteiger partial charge in [-0.3, -0.25) is 0 Å². The van der Waals surface area contributed by atoms with Gasteiger partial charge in [-0.2, -0.15) is 30.7 Å². The van der Waals surface area contributed by atoms with Gasteiger partial charge in [0.1, 0.15) is 0 Å². The third-order valence-corrected chi connectivity index (χ3v) is 6.78. The van der Waals surface area contributed by atoms with E-state index in [2.05, 4.69) is 0 Å². The standard InChI is InChI=1S/C8H12F7ISi/c1-17(2,3)5(4-16)6(9,10)7(11,12)8(13,14)15/h5H,4H2,1-3H3. The number of alkyl halides is 8. The fraction of sp³-hybridized carbons (Fsp3) is 1.00. The van der Waals surface area contributed by atoms with E-state index in [1.54, 1.807) is 0 Å². The molecule has 0 aliphatic rings. The first-order chi connectivity index (χ1) is 7.19. The molecule has 0 aliphatic heterocycles. The predicted molar refractivity (Wildman–Crippen MR) is 61.9 cm³/mol. The molecular weight excluding hydrogens is 384 g/mol. The highest BCUT2D eigenvalue weighted by molar-refractivity contribution is 14.1. The molecule has 1 unspecified atom stereocenters. The largest absolute Gasteiger partial charge is 0.459 e. The highest BCUT2D eigenvalue weighted by Crippen LogP contribution is 2.54. The maximum Gasteiger partial charge on any atom is 0.459 e. The third-order valence-electron chi connectivity index (χ3n) is 2.41. The number of hydrogen-bond donors (Lipinski definition) is 0. The Hall–Kier alpha value is 0.457. The first-order valence-electron chi connectivity index (χ1n) is 4.58. The van der Waals surface area contributed by atoms with Crippen molar-refractivity contribution >= 4 is 30.7 Å². The molecule has 17 heavy (non-hydrogen) atoms. The Bertz CT molecular complexity index is 268. The second kappa shape index (κ2) is 4.86. The fourth-order valence-corrected chi connectivity index (χ4v) is 7.53. The van der Waals surface area contributed by atoms with Crippen LogP contribution >= 0.6 is 22.6 Å². The molecular formula is C8H12F7ISi. The van der Waals surface area contributed by atoms with Gasteiger partial charge in [-0.05, 0) is 0 Å². The van der Waals surface area contributed by atoms with Gasteiger partial charge in [-0.15, -0.1) is 0 Å². The first kappa shape index (κ1) is 17.5. The zero-order chi connectivity index (χ0) is 14.3. The second-order valence-electron chi connectivity index (χ2n) is 4.77. The van der Waals surface area contributed by atoms with E-state index in [1.807, 2.05) is 0 Å². The van der Waals surface area contributed by atoms with E-state index in [-0.39, 0.29) is 0 Å². The lowest BCUT2D eigenvalue weighted by molar-refractivity contribution is -0.354. The minimum Gasteiger partial charge on any atom is -0.199 e. The van der Waals surface area contributed by atoms with E-state index in [0.717, 1.165) is 0 Å². The lowest BCUT2D eigenvalue weighted by Gasteiger charge is -2.38. The summed E-state index contributed by atoms with van der Waals surface area (Å²) in [6.07, 6.45) is -6.24. The molecule has 0 spiro atoms. The maximum atomic E-state index is 13.4. The average molecular weight is 396 g/mol. The minimum absolute atomic E-state index is 0.438. The predicted octanol–water partition coefficient (Wildman–Crippen LogP) is 4.96. The fourth-order valence-electron chi connectivity index (χ4n) is 1.28. The summed E-state index contributed by atoms with van der Waals surface area (Å²) in [5.41, 5.74) is -1.94. The molecule has 0 rings (SSSR count). The zero-order valence-electron chi connectivity index (χ0n) is 9.31. The second-order valence-corrected chi connectivity index (χ2v) is 11.1. The van der Waals surface area contributed by atoms with Crippen LogP contribution in [0.1, 0.15) is 0 Å². The van der Waals surface area contributed by atoms with Gasteiger partial charge in [0.25, 0.3) is 0 Å². The Morgan fingerprint density at radius 3 is 1.47 bits per heavy atom. The van der Waals surface area contributed by atoms with Crippen molar-refractivity contribution < 1.29 is 30.7 Å². The van der Waals surface area contributed by atoms with Crippen LogP contribution in [0.5, 0.6) is 0 Å². The summed E-state index contributed by atoms with van der Waals surface area (Å²) in [5.74, 6) is -11.1. The summed E-state index contributed by atoms with van der Waals surface area (Å²) in [4.78, 5) is 0. The van der Waals surface area contributed by atoms with E-state index in [1.165, 1.54) is 42.2 Å². The Morgan fingerprint density at radius 2 is 1.29 bits per heavy atom. The van der Waals surface area contributed by atoms with Crippen molar-refractivity contribution in [3.05, 3.63) is 0 Å². The Kier molecular flexibility index (Phi) is 4.99. The van der Waals surface area contributed by atoms with Gasteiger partial charge in [0, 0.05) is 9.97 Å². The summed E-state index contributed by atoms with van der Waals surface area (Å²) < 4.78 is 88.0. The van der Waals surface area contributed by atoms with Crippen LogP contribution in [0.4, 0.5) is 30.7 Å². The van der Waals surface area contributed by atoms with Crippen LogP contribution < -0.4 is 0 Å². The summed E-state index contributed by atoms with van der Waals surface area (Å²) in [7, 11) is -2.85. The SMILES string of the molecule is C[Si](C)(C)C(CI)C(F)(F)C(F)(F)C(F)(F)F. The molecule has 0 bridgehead atoms. The van der Waals surface area contributed by atoms with E-state index in [9.17, 15) is 30.7 Å². The van der Waals surface area contributed by atoms with Crippen molar-refractivity contribution in [1.82, 2.24) is 0 Å². The smallest absolute Gasteiger partial charge is 0.199 e. The summed E-state index contributed by atoms with van der Waals surface area (Å²) in [5, 5.41) is 0. The number of hydrogen-bond acceptors (Lipinski definition) is 0. The Morgan fingerprint density at radius 1 is 0.941 bits per heavy atom. The van der Waals surface area contributed by atoms with Gasteiger partial charge in [0.2, 0.25) is 0 Å². The van der Waals surface area contributed by atoms with Crippen molar-refractivity contribution in [1.29, 1.82) is 0 Å². The van der Waals surface area contributed by atoms with Gasteiger partial charge in [0.05, 0.1) is 8.07 Å². The van der Waals surface area contributed by atoms with Crippen LogP contribution in [-0.4, -0.2) is 30.5 Å². The van der Waals surface area contributed by atoms with E-state index in [0.29, 0.717) is 0 Å². The minimum atomic E-state index is -6.24. The molecule has 0 fully saturated rings. The quantitative estimate of drug-likeness (QED) is 0.273. The summed E-state index contributed by atoms with van der Waals surface area (Å²) in [6.45, 7) is 4.03. The molecule has 0 saturated heterocycles. The summed E-state index contributed by atoms with van der Waals surface area (Å²) >= 11 is 1.42. The van der Waals surface area contributed by atoms with Crippen LogP contribution in [0.3, 0.4) is 0 Å². The van der Waals surface area contributed by atoms with Crippen LogP contribution in [0.25, 0.3) is 0 Å². The molecule has 0 aromatic heterocycles. The monoisotopic (exact) mass is 396 g/mol. The van der Waals surface area contributed by atoms with Gasteiger partial charge in [-0.1, -0.05) is 42.2 Å². The van der Waals surface area contributed by atoms with Crippen molar-refractivity contribution in [2.45, 2.75) is 43.2 Å². The third kappa shape index (κ3) is 3.27. The molecule has 104 valence electrons. The number of halogens is 8. The summed E-state index contributed by atoms with van der Waals surface area (Å²) in [6, 6.07) is 0. The van der Waals surface area contributed by atoms with Crippen molar-refractivity contribution in [2.24, 2.45) is 0 Å². The molecule has 0 heterocycles. The number of rotatable bonds is 4. The topological polar surface area (TPSA) is 0 Å². The maximum absolute atomic E-state index is 13.4. The molecule has 0 saturated carbocycles. The molecule has 0 nitrogen and oxygen atoms in total. The molecule has 0 aromatic rings. The Labute approximate surface area is 109 Å². The van der Waals surface area contributed by atoms with Crippen LogP contribution in [0.2, 0.25) is 25.2 Å². The molecule has 9 heteroatoms. The average Bonchev–Trinajstić information content (AvgIpc) is 1.98. The molecule has 0 aromatic carbocycles. The Balaban J connectivity index is 5.53. The first-order valence-corrected chi connectivity index (χ1v) is 9.68. The molecule has 1 atom stereocenters. The van der Waals surface area contributed by atoms with Crippen molar-refractivity contribution in [3.63, 3.8) is 0 Å². The van der Waals surface area contributed by atoms with Gasteiger partial charge < -0.3 is 0 Å². The molecule has 0 aliphatic carbocycles. The zero-order valence-corrected chi connectivity index (χ0v) is 12.5. The molecule has 0 N–H and O–H groups in total. The molecule has 0 amide bonds. The van der Waals surface area contributed by atoms with Gasteiger partial charge in [0.15, 0.2) is 0 Å². The molecule has 0 radical (unpaired) electrons. The lowest BCUT2D eigenvalue weighted by Crippen LogP contribution is -2.58. The van der Waals surface area contributed by atoms with Crippen molar-refractivity contribution in [2.75, 3.05) is 4.43 Å². The van der Waals surface area contributed by atoms with E-state index >= 15 is 0 Å².